The number of aromatic amines is 1. The lowest BCUT2D eigenvalue weighted by Gasteiger charge is -2.63. The Balaban J connectivity index is 1.33. The van der Waals surface area contributed by atoms with Crippen molar-refractivity contribution in [3.05, 3.63) is 6.33 Å². The Morgan fingerprint density at radius 1 is 1.10 bits per heavy atom. The molecule has 4 aliphatic carbocycles. The van der Waals surface area contributed by atoms with E-state index in [2.05, 4.69) is 36.0 Å². The molecule has 4 fully saturated rings. The molecule has 30 heavy (non-hydrogen) atoms. The topological polar surface area (TPSA) is 67.9 Å². The lowest BCUT2D eigenvalue weighted by Crippen LogP contribution is -2.57. The first kappa shape index (κ1) is 20.5. The van der Waals surface area contributed by atoms with Crippen LogP contribution in [-0.4, -0.2) is 27.6 Å². The zero-order valence-electron chi connectivity index (χ0n) is 19.0. The van der Waals surface area contributed by atoms with E-state index in [9.17, 15) is 4.79 Å². The molecule has 0 spiro atoms. The van der Waals surface area contributed by atoms with Crippen molar-refractivity contribution in [1.82, 2.24) is 15.2 Å². The third kappa shape index (κ3) is 3.22. The maximum Gasteiger partial charge on any atom is 0.312 e. The van der Waals surface area contributed by atoms with Gasteiger partial charge in [0.05, 0.1) is 0 Å². The van der Waals surface area contributed by atoms with Crippen LogP contribution in [0.1, 0.15) is 85.0 Å². The van der Waals surface area contributed by atoms with Crippen molar-refractivity contribution in [2.24, 2.45) is 46.3 Å². The van der Waals surface area contributed by atoms with E-state index in [1.54, 1.807) is 0 Å². The second-order valence-corrected chi connectivity index (χ2v) is 11.6. The first-order valence-electron chi connectivity index (χ1n) is 12.4. The van der Waals surface area contributed by atoms with Gasteiger partial charge in [-0.1, -0.05) is 33.6 Å². The minimum atomic E-state index is 0.119. The molecule has 5 nitrogen and oxygen atoms in total. The third-order valence-corrected chi connectivity index (χ3v) is 10.3. The van der Waals surface area contributed by atoms with Crippen LogP contribution >= 0.6 is 0 Å². The molecule has 0 radical (unpaired) electrons. The zero-order valence-corrected chi connectivity index (χ0v) is 19.0. The summed E-state index contributed by atoms with van der Waals surface area (Å²) < 4.78 is 5.61. The summed E-state index contributed by atoms with van der Waals surface area (Å²) in [5.41, 5.74) is 0.690. The van der Waals surface area contributed by atoms with Crippen LogP contribution in [0, 0.1) is 46.3 Å². The Hall–Kier alpha value is -1.39. The number of fused-ring (bicyclic) bond motifs is 5. The van der Waals surface area contributed by atoms with Crippen molar-refractivity contribution >= 4 is 5.78 Å². The second kappa shape index (κ2) is 7.63. The number of hydrogen-bond acceptors (Lipinski definition) is 4. The summed E-state index contributed by atoms with van der Waals surface area (Å²) >= 11 is 0. The van der Waals surface area contributed by atoms with E-state index in [0.717, 1.165) is 30.1 Å². The smallest absolute Gasteiger partial charge is 0.312 e. The molecule has 0 aromatic carbocycles. The number of ketones is 1. The van der Waals surface area contributed by atoms with Gasteiger partial charge in [-0.2, -0.15) is 10.1 Å². The number of aromatic nitrogens is 3. The van der Waals surface area contributed by atoms with E-state index in [1.807, 2.05) is 0 Å². The lowest BCUT2D eigenvalue weighted by atomic mass is 9.41. The normalized spacial score (nSPS) is 45.7. The molecule has 8 atom stereocenters. The summed E-state index contributed by atoms with van der Waals surface area (Å²) in [6.07, 6.45) is 14.6. The number of H-pyrrole nitrogens is 1. The van der Waals surface area contributed by atoms with Crippen LogP contribution in [0.15, 0.2) is 6.33 Å². The number of ether oxygens (including phenoxy) is 1. The Bertz CT molecular complexity index is 764. The van der Waals surface area contributed by atoms with Crippen molar-refractivity contribution in [1.29, 1.82) is 0 Å². The van der Waals surface area contributed by atoms with Gasteiger partial charge in [0.1, 0.15) is 6.33 Å². The fraction of sp³-hybridized carbons (Fsp3) is 0.880. The highest BCUT2D eigenvalue weighted by Gasteiger charge is 2.59. The van der Waals surface area contributed by atoms with Gasteiger partial charge in [0, 0.05) is 5.92 Å². The summed E-state index contributed by atoms with van der Waals surface area (Å²) in [4.78, 5) is 17.2. The van der Waals surface area contributed by atoms with E-state index in [-0.39, 0.29) is 23.7 Å². The molecule has 5 rings (SSSR count). The summed E-state index contributed by atoms with van der Waals surface area (Å²) in [6.45, 7) is 7.66. The average molecular weight is 414 g/mol. The fourth-order valence-electron chi connectivity index (χ4n) is 8.70. The number of rotatable bonds is 4. The number of Topliss-reactive ketones (excluding diaryl/α,β-unsaturated/α-hetero) is 1. The van der Waals surface area contributed by atoms with Gasteiger partial charge < -0.3 is 4.74 Å². The standard InChI is InChI=1S/C25H39N3O2/c1-16-9-11-24(2)17(13-16)7-8-18-19-5-4-6-21(25(19,3)12-10-20(18)24)22(29)14-30-23-26-15-27-28-23/h15-21H,4-14H2,1-3H3,(H,26,27,28)/t16-,17-,18-,19-,20-,21+,24-,25-/m0/s1. The Morgan fingerprint density at radius 2 is 1.90 bits per heavy atom. The molecule has 0 unspecified atom stereocenters. The highest BCUT2D eigenvalue weighted by atomic mass is 16.5. The molecule has 166 valence electrons. The van der Waals surface area contributed by atoms with Gasteiger partial charge in [-0.3, -0.25) is 4.79 Å². The maximum absolute atomic E-state index is 13.3. The molecule has 4 saturated carbocycles. The summed E-state index contributed by atoms with van der Waals surface area (Å²) in [5.74, 6) is 4.66. The van der Waals surface area contributed by atoms with E-state index in [1.165, 1.54) is 64.1 Å². The third-order valence-electron chi connectivity index (χ3n) is 10.3. The van der Waals surface area contributed by atoms with E-state index in [4.69, 9.17) is 4.74 Å². The molecule has 5 heteroatoms. The Kier molecular flexibility index (Phi) is 5.22. The van der Waals surface area contributed by atoms with E-state index < -0.39 is 0 Å². The predicted molar refractivity (Wildman–Crippen MR) is 116 cm³/mol. The number of nitrogens with one attached hydrogen (secondary N) is 1. The Morgan fingerprint density at radius 3 is 2.70 bits per heavy atom. The van der Waals surface area contributed by atoms with Crippen LogP contribution in [0.2, 0.25) is 0 Å². The molecule has 0 bridgehead atoms. The van der Waals surface area contributed by atoms with Gasteiger partial charge >= 0.3 is 6.01 Å². The molecule has 0 aliphatic heterocycles. The highest BCUT2D eigenvalue weighted by molar-refractivity contribution is 5.83. The maximum atomic E-state index is 13.3. The number of hydrogen-bond donors (Lipinski definition) is 1. The van der Waals surface area contributed by atoms with Crippen LogP contribution < -0.4 is 4.74 Å². The second-order valence-electron chi connectivity index (χ2n) is 11.6. The van der Waals surface area contributed by atoms with Crippen LogP contribution in [0.4, 0.5) is 0 Å². The number of nitrogens with zero attached hydrogens (tertiary/aromatic N) is 2. The summed E-state index contributed by atoms with van der Waals surface area (Å²) in [6, 6.07) is 0.349. The monoisotopic (exact) mass is 413 g/mol. The SMILES string of the molecule is C[C@H]1CC[C@@]2(C)[C@@H](CC[C@@H]3[C@@H]2CC[C@]2(C)[C@@H](C(=O)COc4ncn[nH]4)CCC[C@@H]32)C1. The van der Waals surface area contributed by atoms with Gasteiger partial charge in [-0.25, -0.2) is 5.10 Å². The van der Waals surface area contributed by atoms with Gasteiger partial charge in [-0.15, -0.1) is 0 Å². The van der Waals surface area contributed by atoms with Gasteiger partial charge in [-0.05, 0) is 91.8 Å². The van der Waals surface area contributed by atoms with Crippen molar-refractivity contribution < 1.29 is 9.53 Å². The average Bonchev–Trinajstić information content (AvgIpc) is 3.25. The quantitative estimate of drug-likeness (QED) is 0.714. The largest absolute Gasteiger partial charge is 0.456 e. The van der Waals surface area contributed by atoms with Crippen molar-refractivity contribution in [2.45, 2.75) is 85.0 Å². The minimum absolute atomic E-state index is 0.119. The number of carbonyl (C=O) groups excluding carboxylic acids is 1. The van der Waals surface area contributed by atoms with E-state index >= 15 is 0 Å². The van der Waals surface area contributed by atoms with E-state index in [0.29, 0.717) is 17.3 Å². The van der Waals surface area contributed by atoms with Gasteiger partial charge in [0.2, 0.25) is 0 Å². The lowest BCUT2D eigenvalue weighted by molar-refractivity contribution is -0.158. The number of carbonyl (C=O) groups is 1. The van der Waals surface area contributed by atoms with Gasteiger partial charge in [0.25, 0.3) is 0 Å². The fourth-order valence-corrected chi connectivity index (χ4v) is 8.70. The molecular weight excluding hydrogens is 374 g/mol. The molecule has 0 saturated heterocycles. The first-order valence-corrected chi connectivity index (χ1v) is 12.4. The molecule has 1 aromatic rings. The van der Waals surface area contributed by atoms with Crippen LogP contribution in [-0.2, 0) is 4.79 Å². The van der Waals surface area contributed by atoms with Crippen molar-refractivity contribution in [3.8, 4) is 6.01 Å². The molecule has 1 heterocycles. The van der Waals surface area contributed by atoms with Crippen LogP contribution in [0.3, 0.4) is 0 Å². The van der Waals surface area contributed by atoms with Crippen molar-refractivity contribution in [2.75, 3.05) is 6.61 Å². The van der Waals surface area contributed by atoms with Crippen molar-refractivity contribution in [3.63, 3.8) is 0 Å². The molecule has 1 N–H and O–H groups in total. The molecule has 0 amide bonds. The van der Waals surface area contributed by atoms with Crippen LogP contribution in [0.25, 0.3) is 0 Å². The van der Waals surface area contributed by atoms with Gasteiger partial charge in [0.15, 0.2) is 12.4 Å². The molecule has 4 aliphatic rings. The highest BCUT2D eigenvalue weighted by Crippen LogP contribution is 2.66. The Labute approximate surface area is 181 Å². The molecule has 1 aromatic heterocycles. The zero-order chi connectivity index (χ0) is 20.9. The predicted octanol–water partition coefficient (Wildman–Crippen LogP) is 5.44. The first-order chi connectivity index (χ1) is 14.4. The molecular formula is C25H39N3O2. The van der Waals surface area contributed by atoms with Crippen LogP contribution in [0.5, 0.6) is 6.01 Å². The summed E-state index contributed by atoms with van der Waals surface area (Å²) in [7, 11) is 0. The summed E-state index contributed by atoms with van der Waals surface area (Å²) in [5, 5.41) is 6.51. The minimum Gasteiger partial charge on any atom is -0.456 e.